The van der Waals surface area contributed by atoms with E-state index in [1.54, 1.807) is 4.90 Å². The van der Waals surface area contributed by atoms with E-state index in [0.717, 1.165) is 54.6 Å². The van der Waals surface area contributed by atoms with Crippen molar-refractivity contribution in [1.29, 1.82) is 0 Å². The van der Waals surface area contributed by atoms with Crippen molar-refractivity contribution < 1.29 is 13.6 Å². The lowest BCUT2D eigenvalue weighted by molar-refractivity contribution is -0.128. The highest BCUT2D eigenvalue weighted by Gasteiger charge is 2.34. The van der Waals surface area contributed by atoms with E-state index >= 15 is 0 Å². The molecular formula is C19H21F2N5O. The molecular weight excluding hydrogens is 352 g/mol. The summed E-state index contributed by atoms with van der Waals surface area (Å²) in [5.41, 5.74) is 2.67. The number of carbonyl (C=O) groups excluding carboxylic acids is 1. The van der Waals surface area contributed by atoms with Gasteiger partial charge in [-0.05, 0) is 43.9 Å². The minimum Gasteiger partial charge on any atom is -0.366 e. The third-order valence-corrected chi connectivity index (χ3v) is 5.44. The Kier molecular flexibility index (Phi) is 3.87. The highest BCUT2D eigenvalue weighted by Crippen LogP contribution is 2.42. The molecule has 1 atom stereocenters. The van der Waals surface area contributed by atoms with Gasteiger partial charge >= 0.3 is 0 Å². The number of carbonyl (C=O) groups is 1. The summed E-state index contributed by atoms with van der Waals surface area (Å²) in [6.45, 7) is 0.678. The lowest BCUT2D eigenvalue weighted by Gasteiger charge is -2.16. The molecule has 8 heteroatoms. The van der Waals surface area contributed by atoms with E-state index < -0.39 is 12.0 Å². The molecule has 0 radical (unpaired) electrons. The molecule has 1 saturated heterocycles. The van der Waals surface area contributed by atoms with Crippen LogP contribution < -0.4 is 5.32 Å². The fraction of sp³-hybridized carbons (Fsp3) is 0.526. The Bertz CT molecular complexity index is 928. The van der Waals surface area contributed by atoms with Gasteiger partial charge in [0.15, 0.2) is 5.65 Å². The summed E-state index contributed by atoms with van der Waals surface area (Å²) >= 11 is 0. The van der Waals surface area contributed by atoms with Crippen LogP contribution in [0, 0.1) is 5.92 Å². The molecule has 3 heterocycles. The number of amides is 1. The van der Waals surface area contributed by atoms with Crippen LogP contribution in [0.4, 0.5) is 14.6 Å². The maximum atomic E-state index is 12.6. The fourth-order valence-electron chi connectivity index (χ4n) is 3.77. The average Bonchev–Trinajstić information content (AvgIpc) is 3.53. The van der Waals surface area contributed by atoms with Crippen LogP contribution in [0.15, 0.2) is 24.3 Å². The third-order valence-electron chi connectivity index (χ3n) is 5.44. The van der Waals surface area contributed by atoms with Crippen molar-refractivity contribution in [3.63, 3.8) is 0 Å². The number of halogens is 2. The van der Waals surface area contributed by atoms with Gasteiger partial charge in [-0.2, -0.15) is 8.78 Å². The monoisotopic (exact) mass is 373 g/mol. The number of aromatic nitrogens is 3. The van der Waals surface area contributed by atoms with E-state index in [1.165, 1.54) is 0 Å². The molecule has 0 spiro atoms. The van der Waals surface area contributed by atoms with Gasteiger partial charge in [-0.25, -0.2) is 9.50 Å². The van der Waals surface area contributed by atoms with E-state index in [-0.39, 0.29) is 12.3 Å². The van der Waals surface area contributed by atoms with Crippen molar-refractivity contribution in [2.24, 2.45) is 5.92 Å². The van der Waals surface area contributed by atoms with Crippen LogP contribution >= 0.6 is 0 Å². The molecule has 142 valence electrons. The van der Waals surface area contributed by atoms with Gasteiger partial charge in [0, 0.05) is 30.8 Å². The van der Waals surface area contributed by atoms with Crippen LogP contribution in [-0.2, 0) is 11.3 Å². The quantitative estimate of drug-likeness (QED) is 0.844. The van der Waals surface area contributed by atoms with Crippen molar-refractivity contribution in [2.75, 3.05) is 11.9 Å². The number of imidazole rings is 1. The summed E-state index contributed by atoms with van der Waals surface area (Å²) in [5, 5.41) is 8.08. The maximum Gasteiger partial charge on any atom is 0.266 e. The number of rotatable bonds is 6. The van der Waals surface area contributed by atoms with E-state index in [9.17, 15) is 13.6 Å². The molecule has 2 aromatic rings. The number of likely N-dealkylation sites (tertiary alicyclic amines) is 1. The fourth-order valence-corrected chi connectivity index (χ4v) is 3.77. The third kappa shape index (κ3) is 3.40. The molecule has 2 aromatic heterocycles. The number of hydrogen-bond acceptors (Lipinski definition) is 4. The zero-order valence-electron chi connectivity index (χ0n) is 14.9. The van der Waals surface area contributed by atoms with Crippen molar-refractivity contribution in [3.8, 4) is 0 Å². The van der Waals surface area contributed by atoms with Crippen LogP contribution in [0.1, 0.15) is 49.4 Å². The van der Waals surface area contributed by atoms with Gasteiger partial charge in [0.2, 0.25) is 5.91 Å². The summed E-state index contributed by atoms with van der Waals surface area (Å²) in [5.74, 6) is 0.699. The van der Waals surface area contributed by atoms with Crippen LogP contribution in [0.2, 0.25) is 0 Å². The number of nitrogens with zero attached hydrogens (tertiary/aromatic N) is 4. The molecule has 1 amide bonds. The van der Waals surface area contributed by atoms with E-state index in [0.29, 0.717) is 25.0 Å². The Balaban J connectivity index is 1.46. The van der Waals surface area contributed by atoms with Gasteiger partial charge in [0.1, 0.15) is 5.82 Å². The van der Waals surface area contributed by atoms with E-state index in [2.05, 4.69) is 5.32 Å². The first-order valence-electron chi connectivity index (χ1n) is 9.52. The number of hydrogen-bond donors (Lipinski definition) is 1. The maximum absolute atomic E-state index is 12.6. The predicted octanol–water partition coefficient (Wildman–Crippen LogP) is 3.31. The SMILES string of the molecule is O=C1CC(C=C(F)F)CN1Cc1c(C2CC2)nc2ccc(NC3CC3)nn12. The Morgan fingerprint density at radius 1 is 1.26 bits per heavy atom. The van der Waals surface area contributed by atoms with Crippen molar-refractivity contribution >= 4 is 17.4 Å². The molecule has 3 aliphatic rings. The van der Waals surface area contributed by atoms with Gasteiger partial charge in [0.05, 0.1) is 17.9 Å². The van der Waals surface area contributed by atoms with Crippen molar-refractivity contribution in [1.82, 2.24) is 19.5 Å². The molecule has 2 saturated carbocycles. The second kappa shape index (κ2) is 6.28. The lowest BCUT2D eigenvalue weighted by atomic mass is 10.1. The highest BCUT2D eigenvalue weighted by molar-refractivity contribution is 5.79. The second-order valence-electron chi connectivity index (χ2n) is 7.82. The summed E-state index contributed by atoms with van der Waals surface area (Å²) < 4.78 is 26.9. The molecule has 2 aliphatic carbocycles. The van der Waals surface area contributed by atoms with Crippen molar-refractivity contribution in [2.45, 2.75) is 50.6 Å². The predicted molar refractivity (Wildman–Crippen MR) is 95.4 cm³/mol. The molecule has 6 nitrogen and oxygen atoms in total. The minimum atomic E-state index is -1.72. The largest absolute Gasteiger partial charge is 0.366 e. The summed E-state index contributed by atoms with van der Waals surface area (Å²) in [4.78, 5) is 18.7. The first-order chi connectivity index (χ1) is 13.1. The summed E-state index contributed by atoms with van der Waals surface area (Å²) in [6.07, 6.45) is 3.81. The van der Waals surface area contributed by atoms with Gasteiger partial charge in [-0.1, -0.05) is 0 Å². The molecule has 27 heavy (non-hydrogen) atoms. The van der Waals surface area contributed by atoms with Crippen LogP contribution in [-0.4, -0.2) is 38.0 Å². The molecule has 1 N–H and O–H groups in total. The second-order valence-corrected chi connectivity index (χ2v) is 7.82. The first-order valence-corrected chi connectivity index (χ1v) is 9.52. The summed E-state index contributed by atoms with van der Waals surface area (Å²) in [7, 11) is 0. The lowest BCUT2D eigenvalue weighted by Crippen LogP contribution is -2.26. The number of fused-ring (bicyclic) bond motifs is 1. The first kappa shape index (κ1) is 16.6. The van der Waals surface area contributed by atoms with E-state index in [1.807, 2.05) is 16.6 Å². The molecule has 0 bridgehead atoms. The number of nitrogens with one attached hydrogen (secondary N) is 1. The average molecular weight is 373 g/mol. The Morgan fingerprint density at radius 3 is 2.78 bits per heavy atom. The van der Waals surface area contributed by atoms with Gasteiger partial charge in [-0.3, -0.25) is 4.79 Å². The number of anilines is 1. The molecule has 5 rings (SSSR count). The Hall–Kier alpha value is -2.51. The van der Waals surface area contributed by atoms with Crippen LogP contribution in [0.3, 0.4) is 0 Å². The van der Waals surface area contributed by atoms with Crippen LogP contribution in [0.5, 0.6) is 0 Å². The Morgan fingerprint density at radius 2 is 2.07 bits per heavy atom. The minimum absolute atomic E-state index is 0.0959. The Labute approximate surface area is 155 Å². The molecule has 3 fully saturated rings. The molecule has 0 aromatic carbocycles. The highest BCUT2D eigenvalue weighted by atomic mass is 19.3. The van der Waals surface area contributed by atoms with Gasteiger partial charge in [-0.15, -0.1) is 5.10 Å². The standard InChI is InChI=1S/C19H21F2N5O/c20-15(21)7-11-8-18(27)25(9-11)10-14-19(12-1-2-12)23-17-6-5-16(24-26(14)17)22-13-3-4-13/h5-7,11-13H,1-4,8-10H2,(H,22,24). The van der Waals surface area contributed by atoms with Gasteiger partial charge in [0.25, 0.3) is 6.08 Å². The van der Waals surface area contributed by atoms with Gasteiger partial charge < -0.3 is 10.2 Å². The smallest absolute Gasteiger partial charge is 0.266 e. The topological polar surface area (TPSA) is 62.5 Å². The van der Waals surface area contributed by atoms with Crippen LogP contribution in [0.25, 0.3) is 5.65 Å². The molecule has 1 aliphatic heterocycles. The normalized spacial score (nSPS) is 22.5. The van der Waals surface area contributed by atoms with E-state index in [4.69, 9.17) is 10.1 Å². The molecule has 1 unspecified atom stereocenters. The summed E-state index contributed by atoms with van der Waals surface area (Å²) in [6, 6.07) is 4.38. The zero-order valence-corrected chi connectivity index (χ0v) is 14.9. The zero-order chi connectivity index (χ0) is 18.5. The van der Waals surface area contributed by atoms with Crippen molar-refractivity contribution in [3.05, 3.63) is 35.7 Å².